The van der Waals surface area contributed by atoms with Crippen molar-refractivity contribution in [3.63, 3.8) is 0 Å². The molecule has 0 aromatic carbocycles. The molecule has 3 N–H and O–H groups in total. The summed E-state index contributed by atoms with van der Waals surface area (Å²) in [7, 11) is 0. The second-order valence-electron chi connectivity index (χ2n) is 10.4. The number of nitrogens with one attached hydrogen (secondary N) is 2. The third-order valence-electron chi connectivity index (χ3n) is 7.65. The van der Waals surface area contributed by atoms with Crippen LogP contribution in [0.1, 0.15) is 73.4 Å². The van der Waals surface area contributed by atoms with E-state index in [2.05, 4.69) is 32.7 Å². The predicted molar refractivity (Wildman–Crippen MR) is 140 cm³/mol. The highest BCUT2D eigenvalue weighted by molar-refractivity contribution is 5.80. The maximum absolute atomic E-state index is 12.5. The molecule has 0 radical (unpaired) electrons. The summed E-state index contributed by atoms with van der Waals surface area (Å²) in [6.07, 6.45) is 11.9. The average Bonchev–Trinajstić information content (AvgIpc) is 3.68. The van der Waals surface area contributed by atoms with Gasteiger partial charge in [0.2, 0.25) is 0 Å². The van der Waals surface area contributed by atoms with Crippen LogP contribution in [0.25, 0.3) is 0 Å². The van der Waals surface area contributed by atoms with Gasteiger partial charge in [0.05, 0.1) is 0 Å². The fourth-order valence-corrected chi connectivity index (χ4v) is 5.43. The molecule has 3 heterocycles. The number of aromatic nitrogens is 2. The van der Waals surface area contributed by atoms with Gasteiger partial charge < -0.3 is 25.4 Å². The molecule has 9 heteroatoms. The van der Waals surface area contributed by atoms with Crippen molar-refractivity contribution in [1.82, 2.24) is 20.2 Å². The van der Waals surface area contributed by atoms with Gasteiger partial charge in [0.25, 0.3) is 0 Å². The zero-order valence-electron chi connectivity index (χ0n) is 21.3. The molecule has 37 heavy (non-hydrogen) atoms. The van der Waals surface area contributed by atoms with Crippen LogP contribution in [0.2, 0.25) is 0 Å². The Hall–Kier alpha value is -3.20. The van der Waals surface area contributed by atoms with Gasteiger partial charge >= 0.3 is 12.1 Å². The van der Waals surface area contributed by atoms with E-state index in [9.17, 15) is 14.7 Å². The van der Waals surface area contributed by atoms with Crippen LogP contribution < -0.4 is 10.6 Å². The lowest BCUT2D eigenvalue weighted by molar-refractivity contribution is -0.139. The fraction of sp³-hybridized carbons (Fsp3) is 0.571. The minimum Gasteiger partial charge on any atom is -0.480 e. The van der Waals surface area contributed by atoms with Crippen molar-refractivity contribution in [1.29, 1.82) is 0 Å². The number of fused-ring (bicyclic) bond motifs is 2. The van der Waals surface area contributed by atoms with Gasteiger partial charge in [-0.15, -0.1) is 0 Å². The standard InChI is InChI=1S/C28H37N5O4/c34-27(35)24(32-28(36)37-25-11-7-20-18-29-15-12-23(20)25)13-17-33(22-9-10-22)16-2-1-5-21-8-6-19-4-3-14-30-26(19)31-21/h6,8,12,15,18,22,24-25H,1-5,7,9-11,13-14,16-17H2,(H,30,31)(H,32,36)(H,34,35)/t24-,25?/m0/s1. The van der Waals surface area contributed by atoms with Crippen LogP contribution in [0.3, 0.4) is 0 Å². The number of alkyl carbamates (subject to hydrolysis) is 1. The first-order chi connectivity index (χ1) is 18.1. The minimum absolute atomic E-state index is 0.351. The monoisotopic (exact) mass is 507 g/mol. The highest BCUT2D eigenvalue weighted by Gasteiger charge is 2.31. The Bertz CT molecular complexity index is 1110. The summed E-state index contributed by atoms with van der Waals surface area (Å²) in [5.41, 5.74) is 4.47. The van der Waals surface area contributed by atoms with Crippen LogP contribution in [0, 0.1) is 0 Å². The summed E-state index contributed by atoms with van der Waals surface area (Å²) >= 11 is 0. The molecule has 3 aliphatic rings. The number of hydrogen-bond acceptors (Lipinski definition) is 7. The number of ether oxygens (including phenoxy) is 1. The Balaban J connectivity index is 1.06. The molecule has 0 saturated heterocycles. The number of anilines is 1. The molecule has 2 aromatic rings. The molecule has 1 saturated carbocycles. The van der Waals surface area contributed by atoms with E-state index in [1.807, 2.05) is 6.07 Å². The summed E-state index contributed by atoms with van der Waals surface area (Å²) < 4.78 is 5.58. The number of carboxylic acids is 1. The Morgan fingerprint density at radius 3 is 2.86 bits per heavy atom. The first-order valence-corrected chi connectivity index (χ1v) is 13.7. The van der Waals surface area contributed by atoms with Crippen LogP contribution in [-0.4, -0.2) is 63.8 Å². The number of aryl methyl sites for hydroxylation is 3. The second kappa shape index (κ2) is 11.9. The molecule has 0 spiro atoms. The molecule has 2 aliphatic carbocycles. The van der Waals surface area contributed by atoms with E-state index in [1.165, 1.54) is 5.56 Å². The Morgan fingerprint density at radius 2 is 2.03 bits per heavy atom. The maximum Gasteiger partial charge on any atom is 0.408 e. The van der Waals surface area contributed by atoms with E-state index in [1.54, 1.807) is 12.4 Å². The van der Waals surface area contributed by atoms with Crippen LogP contribution >= 0.6 is 0 Å². The number of carbonyl (C=O) groups is 2. The first-order valence-electron chi connectivity index (χ1n) is 13.7. The van der Waals surface area contributed by atoms with Gasteiger partial charge in [-0.05, 0) is 99.6 Å². The quantitative estimate of drug-likeness (QED) is 0.371. The van der Waals surface area contributed by atoms with Crippen LogP contribution in [0.4, 0.5) is 10.6 Å². The maximum atomic E-state index is 12.5. The molecule has 1 amide bonds. The molecule has 1 aliphatic heterocycles. The van der Waals surface area contributed by atoms with E-state index in [0.29, 0.717) is 25.4 Å². The number of nitrogens with zero attached hydrogens (tertiary/aromatic N) is 3. The number of rotatable bonds is 12. The number of unbranched alkanes of at least 4 members (excludes halogenated alkanes) is 1. The zero-order chi connectivity index (χ0) is 25.6. The average molecular weight is 508 g/mol. The van der Waals surface area contributed by atoms with Gasteiger partial charge in [-0.2, -0.15) is 0 Å². The Morgan fingerprint density at radius 1 is 1.14 bits per heavy atom. The SMILES string of the molecule is O=C(N[C@@H](CCN(CCCCc1ccc2c(n1)NCCC2)C1CC1)C(=O)O)OC1CCc2cnccc21. The lowest BCUT2D eigenvalue weighted by Crippen LogP contribution is -2.44. The highest BCUT2D eigenvalue weighted by atomic mass is 16.6. The minimum atomic E-state index is -1.03. The van der Waals surface area contributed by atoms with E-state index < -0.39 is 18.1 Å². The third kappa shape index (κ3) is 6.77. The lowest BCUT2D eigenvalue weighted by Gasteiger charge is -2.24. The molecule has 0 bridgehead atoms. The van der Waals surface area contributed by atoms with Crippen molar-refractivity contribution >= 4 is 17.9 Å². The van der Waals surface area contributed by atoms with Gasteiger partial charge in [-0.25, -0.2) is 14.6 Å². The summed E-state index contributed by atoms with van der Waals surface area (Å²) in [6, 6.07) is 5.76. The molecular formula is C28H37N5O4. The fourth-order valence-electron chi connectivity index (χ4n) is 5.43. The molecule has 2 aromatic heterocycles. The second-order valence-corrected chi connectivity index (χ2v) is 10.4. The largest absolute Gasteiger partial charge is 0.480 e. The number of carboxylic acid groups (broad SMARTS) is 1. The summed E-state index contributed by atoms with van der Waals surface area (Å²) in [4.78, 5) is 35.7. The third-order valence-corrected chi connectivity index (χ3v) is 7.65. The Kier molecular flexibility index (Phi) is 8.18. The van der Waals surface area contributed by atoms with Gasteiger partial charge in [-0.1, -0.05) is 6.07 Å². The zero-order valence-corrected chi connectivity index (χ0v) is 21.3. The predicted octanol–water partition coefficient (Wildman–Crippen LogP) is 3.88. The summed E-state index contributed by atoms with van der Waals surface area (Å²) in [5.74, 6) is 0.0130. The molecule has 1 fully saturated rings. The normalized spacial score (nSPS) is 19.0. The molecule has 2 atom stereocenters. The van der Waals surface area contributed by atoms with Crippen molar-refractivity contribution in [3.8, 4) is 0 Å². The molecule has 5 rings (SSSR count). The highest BCUT2D eigenvalue weighted by Crippen LogP contribution is 2.33. The van der Waals surface area contributed by atoms with Crippen LogP contribution in [0.5, 0.6) is 0 Å². The summed E-state index contributed by atoms with van der Waals surface area (Å²) in [6.45, 7) is 2.56. The molecule has 198 valence electrons. The van der Waals surface area contributed by atoms with Crippen molar-refractivity contribution in [2.45, 2.75) is 82.4 Å². The lowest BCUT2D eigenvalue weighted by atomic mass is 10.1. The van der Waals surface area contributed by atoms with E-state index in [0.717, 1.165) is 87.1 Å². The summed E-state index contributed by atoms with van der Waals surface area (Å²) in [5, 5.41) is 15.7. The van der Waals surface area contributed by atoms with Gasteiger partial charge in [0.15, 0.2) is 0 Å². The van der Waals surface area contributed by atoms with Crippen molar-refractivity contribution in [2.24, 2.45) is 0 Å². The number of amides is 1. The number of pyridine rings is 2. The molecular weight excluding hydrogens is 470 g/mol. The number of hydrogen-bond donors (Lipinski definition) is 3. The van der Waals surface area contributed by atoms with Gasteiger partial charge in [0.1, 0.15) is 18.0 Å². The van der Waals surface area contributed by atoms with Crippen molar-refractivity contribution in [3.05, 3.63) is 53.0 Å². The Labute approximate surface area is 218 Å². The smallest absolute Gasteiger partial charge is 0.408 e. The van der Waals surface area contributed by atoms with Gasteiger partial charge in [0, 0.05) is 37.2 Å². The number of aliphatic carboxylic acids is 1. The van der Waals surface area contributed by atoms with Gasteiger partial charge in [-0.3, -0.25) is 4.98 Å². The molecule has 9 nitrogen and oxygen atoms in total. The first kappa shape index (κ1) is 25.4. The van der Waals surface area contributed by atoms with Crippen LogP contribution in [0.15, 0.2) is 30.6 Å². The van der Waals surface area contributed by atoms with Crippen LogP contribution in [-0.2, 0) is 28.8 Å². The number of carbonyl (C=O) groups excluding carboxylic acids is 1. The van der Waals surface area contributed by atoms with Crippen molar-refractivity contribution in [2.75, 3.05) is 25.0 Å². The van der Waals surface area contributed by atoms with E-state index >= 15 is 0 Å². The van der Waals surface area contributed by atoms with E-state index in [-0.39, 0.29) is 6.10 Å². The molecule has 1 unspecified atom stereocenters. The van der Waals surface area contributed by atoms with E-state index in [4.69, 9.17) is 9.72 Å². The van der Waals surface area contributed by atoms with Crippen molar-refractivity contribution < 1.29 is 19.4 Å². The topological polar surface area (TPSA) is 117 Å².